The minimum atomic E-state index is -0.113. The van der Waals surface area contributed by atoms with Crippen LogP contribution in [0.3, 0.4) is 0 Å². The van der Waals surface area contributed by atoms with Crippen molar-refractivity contribution in [2.45, 2.75) is 12.8 Å². The highest BCUT2D eigenvalue weighted by Crippen LogP contribution is 2.17. The molecule has 0 bridgehead atoms. The van der Waals surface area contributed by atoms with E-state index in [9.17, 15) is 9.59 Å². The van der Waals surface area contributed by atoms with Crippen LogP contribution in [0.15, 0.2) is 59.4 Å². The van der Waals surface area contributed by atoms with Gasteiger partial charge >= 0.3 is 0 Å². The molecule has 3 rings (SSSR count). The van der Waals surface area contributed by atoms with E-state index in [1.165, 1.54) is 0 Å². The molecule has 128 valence electrons. The Morgan fingerprint density at radius 2 is 1.84 bits per heavy atom. The maximum atomic E-state index is 12.1. The molecule has 1 heterocycles. The number of nitrogens with one attached hydrogen (secondary N) is 2. The van der Waals surface area contributed by atoms with Gasteiger partial charge < -0.3 is 15.0 Å². The molecule has 2 aromatic carbocycles. The van der Waals surface area contributed by atoms with Gasteiger partial charge in [0.05, 0.1) is 13.5 Å². The number of carbonyl (C=O) groups is 1. The first-order chi connectivity index (χ1) is 12.2. The van der Waals surface area contributed by atoms with Gasteiger partial charge in [0.15, 0.2) is 0 Å². The predicted octanol–water partition coefficient (Wildman–Crippen LogP) is 2.44. The minimum absolute atomic E-state index is 0.0956. The van der Waals surface area contributed by atoms with Gasteiger partial charge in [-0.1, -0.05) is 36.4 Å². The summed E-state index contributed by atoms with van der Waals surface area (Å²) in [5.41, 5.74) is 2.21. The van der Waals surface area contributed by atoms with E-state index in [-0.39, 0.29) is 17.9 Å². The Morgan fingerprint density at radius 3 is 2.68 bits per heavy atom. The van der Waals surface area contributed by atoms with E-state index in [0.717, 1.165) is 16.5 Å². The number of amides is 1. The fourth-order valence-electron chi connectivity index (χ4n) is 2.80. The highest BCUT2D eigenvalue weighted by Gasteiger charge is 2.08. The Hall–Kier alpha value is -3.08. The normalized spacial score (nSPS) is 10.6. The zero-order valence-corrected chi connectivity index (χ0v) is 14.0. The van der Waals surface area contributed by atoms with Crippen LogP contribution in [-0.2, 0) is 17.6 Å². The van der Waals surface area contributed by atoms with E-state index in [1.807, 2.05) is 54.6 Å². The average molecular weight is 336 g/mol. The van der Waals surface area contributed by atoms with Crippen LogP contribution in [0.4, 0.5) is 0 Å². The van der Waals surface area contributed by atoms with Crippen LogP contribution in [-0.4, -0.2) is 24.5 Å². The van der Waals surface area contributed by atoms with E-state index < -0.39 is 0 Å². The molecule has 0 unspecified atom stereocenters. The number of carbonyl (C=O) groups excluding carboxylic acids is 1. The maximum Gasteiger partial charge on any atom is 0.251 e. The first-order valence-electron chi connectivity index (χ1n) is 8.17. The number of H-pyrrole nitrogens is 1. The van der Waals surface area contributed by atoms with Gasteiger partial charge in [0.1, 0.15) is 5.75 Å². The molecule has 0 aliphatic carbocycles. The Balaban J connectivity index is 1.60. The van der Waals surface area contributed by atoms with E-state index >= 15 is 0 Å². The molecular formula is C20H20N2O3. The molecule has 0 fully saturated rings. The number of hydrogen-bond acceptors (Lipinski definition) is 3. The van der Waals surface area contributed by atoms with E-state index in [2.05, 4.69) is 10.3 Å². The van der Waals surface area contributed by atoms with Gasteiger partial charge in [-0.2, -0.15) is 0 Å². The van der Waals surface area contributed by atoms with Crippen molar-refractivity contribution in [1.29, 1.82) is 0 Å². The second-order valence-electron chi connectivity index (χ2n) is 5.80. The smallest absolute Gasteiger partial charge is 0.251 e. The summed E-state index contributed by atoms with van der Waals surface area (Å²) >= 11 is 0. The monoisotopic (exact) mass is 336 g/mol. The van der Waals surface area contributed by atoms with Gasteiger partial charge in [-0.05, 0) is 30.0 Å². The molecule has 0 spiro atoms. The molecule has 5 nitrogen and oxygen atoms in total. The summed E-state index contributed by atoms with van der Waals surface area (Å²) in [6.07, 6.45) is 0.732. The van der Waals surface area contributed by atoms with Gasteiger partial charge in [0, 0.05) is 23.2 Å². The third kappa shape index (κ3) is 4.07. The third-order valence-electron chi connectivity index (χ3n) is 4.09. The van der Waals surface area contributed by atoms with E-state index in [1.54, 1.807) is 7.11 Å². The zero-order chi connectivity index (χ0) is 17.6. The number of aromatic amines is 1. The number of rotatable bonds is 6. The van der Waals surface area contributed by atoms with Crippen molar-refractivity contribution in [1.82, 2.24) is 10.3 Å². The highest BCUT2D eigenvalue weighted by atomic mass is 16.5. The molecule has 5 heteroatoms. The second kappa shape index (κ2) is 7.66. The Morgan fingerprint density at radius 1 is 1.08 bits per heavy atom. The second-order valence-corrected chi connectivity index (χ2v) is 5.80. The van der Waals surface area contributed by atoms with E-state index in [4.69, 9.17) is 4.74 Å². The zero-order valence-electron chi connectivity index (χ0n) is 14.0. The average Bonchev–Trinajstić information content (AvgIpc) is 2.62. The molecule has 1 aromatic heterocycles. The first-order valence-corrected chi connectivity index (χ1v) is 8.17. The van der Waals surface area contributed by atoms with Crippen LogP contribution in [0.1, 0.15) is 11.1 Å². The van der Waals surface area contributed by atoms with Crippen LogP contribution in [0.25, 0.3) is 10.9 Å². The lowest BCUT2D eigenvalue weighted by Crippen LogP contribution is -2.28. The van der Waals surface area contributed by atoms with Gasteiger partial charge in [0.2, 0.25) is 5.91 Å². The standard InChI is InChI=1S/C20H20N2O3/c1-25-18-9-5-3-7-15(18)13-19(23)21-11-10-16-12-14-6-2-4-8-17(14)22-20(16)24/h2-9,12H,10-11,13H2,1H3,(H,21,23)(H,22,24). The number of aromatic nitrogens is 1. The molecule has 25 heavy (non-hydrogen) atoms. The summed E-state index contributed by atoms with van der Waals surface area (Å²) in [5.74, 6) is 0.602. The topological polar surface area (TPSA) is 71.2 Å². The first kappa shape index (κ1) is 16.8. The number of fused-ring (bicyclic) bond motifs is 1. The molecule has 0 radical (unpaired) electrons. The summed E-state index contributed by atoms with van der Waals surface area (Å²) in [7, 11) is 1.59. The summed E-state index contributed by atoms with van der Waals surface area (Å²) in [6, 6.07) is 17.0. The summed E-state index contributed by atoms with van der Waals surface area (Å²) in [5, 5.41) is 3.84. The number of pyridine rings is 1. The molecule has 3 aromatic rings. The Kier molecular flexibility index (Phi) is 5.14. The lowest BCUT2D eigenvalue weighted by Gasteiger charge is -2.09. The minimum Gasteiger partial charge on any atom is -0.496 e. The summed E-state index contributed by atoms with van der Waals surface area (Å²) in [4.78, 5) is 27.1. The summed E-state index contributed by atoms with van der Waals surface area (Å²) in [6.45, 7) is 0.412. The lowest BCUT2D eigenvalue weighted by molar-refractivity contribution is -0.120. The van der Waals surface area contributed by atoms with Crippen molar-refractivity contribution in [3.8, 4) is 5.75 Å². The molecule has 0 aliphatic heterocycles. The quantitative estimate of drug-likeness (QED) is 0.726. The largest absolute Gasteiger partial charge is 0.496 e. The van der Waals surface area contributed by atoms with Crippen molar-refractivity contribution in [2.24, 2.45) is 0 Å². The Labute approximate surface area is 145 Å². The number of ether oxygens (including phenoxy) is 1. The van der Waals surface area contributed by atoms with Gasteiger partial charge in [0.25, 0.3) is 5.56 Å². The van der Waals surface area contributed by atoms with Crippen LogP contribution in [0.2, 0.25) is 0 Å². The molecule has 0 saturated heterocycles. The molecular weight excluding hydrogens is 316 g/mol. The fraction of sp³-hybridized carbons (Fsp3) is 0.200. The SMILES string of the molecule is COc1ccccc1CC(=O)NCCc1cc2ccccc2[nH]c1=O. The van der Waals surface area contributed by atoms with Gasteiger partial charge in [-0.3, -0.25) is 9.59 Å². The molecule has 0 aliphatic rings. The number of methoxy groups -OCH3 is 1. The van der Waals surface area contributed by atoms with Crippen molar-refractivity contribution in [2.75, 3.05) is 13.7 Å². The third-order valence-corrected chi connectivity index (χ3v) is 4.09. The highest BCUT2D eigenvalue weighted by molar-refractivity contribution is 5.80. The molecule has 1 amide bonds. The number of benzene rings is 2. The van der Waals surface area contributed by atoms with Crippen molar-refractivity contribution in [3.05, 3.63) is 76.1 Å². The van der Waals surface area contributed by atoms with Crippen LogP contribution in [0, 0.1) is 0 Å². The van der Waals surface area contributed by atoms with Crippen molar-refractivity contribution >= 4 is 16.8 Å². The van der Waals surface area contributed by atoms with Crippen molar-refractivity contribution < 1.29 is 9.53 Å². The molecule has 0 saturated carbocycles. The van der Waals surface area contributed by atoms with Crippen molar-refractivity contribution in [3.63, 3.8) is 0 Å². The van der Waals surface area contributed by atoms with Gasteiger partial charge in [-0.15, -0.1) is 0 Å². The summed E-state index contributed by atoms with van der Waals surface area (Å²) < 4.78 is 5.25. The molecule has 0 atom stereocenters. The van der Waals surface area contributed by atoms with Crippen LogP contribution < -0.4 is 15.6 Å². The van der Waals surface area contributed by atoms with Gasteiger partial charge in [-0.25, -0.2) is 0 Å². The lowest BCUT2D eigenvalue weighted by atomic mass is 10.1. The van der Waals surface area contributed by atoms with Crippen LogP contribution >= 0.6 is 0 Å². The number of para-hydroxylation sites is 2. The van der Waals surface area contributed by atoms with Crippen LogP contribution in [0.5, 0.6) is 5.75 Å². The fourth-order valence-corrected chi connectivity index (χ4v) is 2.80. The maximum absolute atomic E-state index is 12.1. The number of hydrogen-bond donors (Lipinski definition) is 2. The molecule has 2 N–H and O–H groups in total. The predicted molar refractivity (Wildman–Crippen MR) is 98.0 cm³/mol. The van der Waals surface area contributed by atoms with E-state index in [0.29, 0.717) is 24.3 Å². The Bertz CT molecular complexity index is 947.